The zero-order valence-corrected chi connectivity index (χ0v) is 10.4. The first-order valence-electron chi connectivity index (χ1n) is 6.04. The maximum Gasteiger partial charge on any atom is 0.213 e. The third kappa shape index (κ3) is 2.35. The van der Waals surface area contributed by atoms with Crippen LogP contribution in [-0.4, -0.2) is 26.5 Å². The van der Waals surface area contributed by atoms with E-state index in [0.717, 1.165) is 16.8 Å². The van der Waals surface area contributed by atoms with Gasteiger partial charge in [0.1, 0.15) is 5.52 Å². The minimum atomic E-state index is 0.603. The maximum absolute atomic E-state index is 5.31. The Morgan fingerprint density at radius 2 is 2.00 bits per heavy atom. The Morgan fingerprint density at radius 1 is 1.05 bits per heavy atom. The van der Waals surface area contributed by atoms with Crippen LogP contribution in [0, 0.1) is 0 Å². The van der Waals surface area contributed by atoms with Crippen LogP contribution < -0.4 is 4.74 Å². The summed E-state index contributed by atoms with van der Waals surface area (Å²) >= 11 is 0. The fourth-order valence-corrected chi connectivity index (χ4v) is 1.75. The third-order valence-electron chi connectivity index (χ3n) is 2.64. The van der Waals surface area contributed by atoms with E-state index >= 15 is 0 Å². The molecular formula is C14H12N4O. The van der Waals surface area contributed by atoms with Gasteiger partial charge < -0.3 is 4.74 Å². The molecule has 0 N–H and O–H groups in total. The number of ether oxygens (including phenoxy) is 1. The molecule has 94 valence electrons. The SMILES string of the molecule is CCOc1ccc(-c2cnc3cccnc3n2)cn1. The predicted octanol–water partition coefficient (Wildman–Crippen LogP) is 2.49. The van der Waals surface area contributed by atoms with E-state index < -0.39 is 0 Å². The molecule has 19 heavy (non-hydrogen) atoms. The molecule has 0 aromatic carbocycles. The van der Waals surface area contributed by atoms with Gasteiger partial charge in [-0.05, 0) is 25.1 Å². The van der Waals surface area contributed by atoms with Crippen molar-refractivity contribution in [1.29, 1.82) is 0 Å². The summed E-state index contributed by atoms with van der Waals surface area (Å²) in [5.74, 6) is 0.609. The number of hydrogen-bond donors (Lipinski definition) is 0. The highest BCUT2D eigenvalue weighted by Crippen LogP contribution is 2.19. The number of pyridine rings is 2. The second-order valence-corrected chi connectivity index (χ2v) is 3.92. The van der Waals surface area contributed by atoms with Crippen molar-refractivity contribution in [2.75, 3.05) is 6.61 Å². The Bertz CT molecular complexity index is 697. The van der Waals surface area contributed by atoms with E-state index in [4.69, 9.17) is 4.74 Å². The van der Waals surface area contributed by atoms with Crippen LogP contribution in [0.3, 0.4) is 0 Å². The van der Waals surface area contributed by atoms with Crippen LogP contribution in [0.15, 0.2) is 42.9 Å². The molecule has 0 radical (unpaired) electrons. The van der Waals surface area contributed by atoms with Crippen molar-refractivity contribution in [2.24, 2.45) is 0 Å². The molecule has 0 bridgehead atoms. The minimum Gasteiger partial charge on any atom is -0.478 e. The standard InChI is InChI=1S/C14H12N4O/c1-2-19-13-6-5-10(8-17-13)12-9-16-11-4-3-7-15-14(11)18-12/h3-9H,2H2,1H3. The second kappa shape index (κ2) is 4.97. The molecule has 3 heterocycles. The van der Waals surface area contributed by atoms with Gasteiger partial charge in [0.25, 0.3) is 0 Å². The topological polar surface area (TPSA) is 60.8 Å². The molecule has 3 aromatic rings. The summed E-state index contributed by atoms with van der Waals surface area (Å²) in [6, 6.07) is 7.46. The summed E-state index contributed by atoms with van der Waals surface area (Å²) < 4.78 is 5.31. The van der Waals surface area contributed by atoms with Gasteiger partial charge in [0.15, 0.2) is 5.65 Å². The van der Waals surface area contributed by atoms with Crippen molar-refractivity contribution in [3.8, 4) is 17.1 Å². The van der Waals surface area contributed by atoms with Crippen LogP contribution in [0.5, 0.6) is 5.88 Å². The maximum atomic E-state index is 5.31. The first-order valence-corrected chi connectivity index (χ1v) is 6.04. The lowest BCUT2D eigenvalue weighted by Crippen LogP contribution is -1.95. The number of rotatable bonds is 3. The quantitative estimate of drug-likeness (QED) is 0.716. The van der Waals surface area contributed by atoms with Crippen LogP contribution >= 0.6 is 0 Å². The monoisotopic (exact) mass is 252 g/mol. The molecule has 0 unspecified atom stereocenters. The third-order valence-corrected chi connectivity index (χ3v) is 2.64. The lowest BCUT2D eigenvalue weighted by atomic mass is 10.2. The largest absolute Gasteiger partial charge is 0.478 e. The Morgan fingerprint density at radius 3 is 2.79 bits per heavy atom. The summed E-state index contributed by atoms with van der Waals surface area (Å²) in [5.41, 5.74) is 3.06. The van der Waals surface area contributed by atoms with Gasteiger partial charge in [-0.25, -0.2) is 15.0 Å². The zero-order chi connectivity index (χ0) is 13.1. The van der Waals surface area contributed by atoms with Crippen molar-refractivity contribution >= 4 is 11.2 Å². The molecule has 0 aliphatic rings. The zero-order valence-electron chi connectivity index (χ0n) is 10.4. The molecule has 0 saturated carbocycles. The van der Waals surface area contributed by atoms with Crippen LogP contribution in [-0.2, 0) is 0 Å². The van der Waals surface area contributed by atoms with Crippen LogP contribution in [0.25, 0.3) is 22.4 Å². The number of nitrogens with zero attached hydrogens (tertiary/aromatic N) is 4. The Balaban J connectivity index is 1.99. The predicted molar refractivity (Wildman–Crippen MR) is 71.7 cm³/mol. The van der Waals surface area contributed by atoms with E-state index in [-0.39, 0.29) is 0 Å². The fraction of sp³-hybridized carbons (Fsp3) is 0.143. The Labute approximate surface area is 110 Å². The summed E-state index contributed by atoms with van der Waals surface area (Å²) in [4.78, 5) is 17.2. The summed E-state index contributed by atoms with van der Waals surface area (Å²) in [6.07, 6.45) is 5.16. The molecule has 0 spiro atoms. The number of hydrogen-bond acceptors (Lipinski definition) is 5. The van der Waals surface area contributed by atoms with Crippen LogP contribution in [0.1, 0.15) is 6.92 Å². The summed E-state index contributed by atoms with van der Waals surface area (Å²) in [5, 5.41) is 0. The highest BCUT2D eigenvalue weighted by Gasteiger charge is 2.04. The van der Waals surface area contributed by atoms with E-state index in [2.05, 4.69) is 19.9 Å². The van der Waals surface area contributed by atoms with Gasteiger partial charge in [-0.2, -0.15) is 0 Å². The van der Waals surface area contributed by atoms with E-state index in [1.807, 2.05) is 31.2 Å². The van der Waals surface area contributed by atoms with Gasteiger partial charge in [-0.3, -0.25) is 4.98 Å². The molecule has 3 rings (SSSR count). The highest BCUT2D eigenvalue weighted by molar-refractivity contribution is 5.72. The molecule has 0 saturated heterocycles. The van der Waals surface area contributed by atoms with Gasteiger partial charge in [0.2, 0.25) is 5.88 Å². The van der Waals surface area contributed by atoms with Gasteiger partial charge in [-0.15, -0.1) is 0 Å². The molecule has 0 aliphatic heterocycles. The van der Waals surface area contributed by atoms with Crippen molar-refractivity contribution < 1.29 is 4.74 Å². The second-order valence-electron chi connectivity index (χ2n) is 3.92. The highest BCUT2D eigenvalue weighted by atomic mass is 16.5. The number of fused-ring (bicyclic) bond motifs is 1. The summed E-state index contributed by atoms with van der Waals surface area (Å²) in [6.45, 7) is 2.53. The van der Waals surface area contributed by atoms with Crippen molar-refractivity contribution in [3.05, 3.63) is 42.9 Å². The first kappa shape index (κ1) is 11.5. The normalized spacial score (nSPS) is 10.6. The van der Waals surface area contributed by atoms with E-state index in [9.17, 15) is 0 Å². The number of aromatic nitrogens is 4. The Kier molecular flexibility index (Phi) is 3.02. The van der Waals surface area contributed by atoms with Gasteiger partial charge >= 0.3 is 0 Å². The molecule has 0 aliphatic carbocycles. The van der Waals surface area contributed by atoms with Crippen LogP contribution in [0.2, 0.25) is 0 Å². The molecule has 5 heteroatoms. The van der Waals surface area contributed by atoms with Crippen molar-refractivity contribution in [1.82, 2.24) is 19.9 Å². The molecular weight excluding hydrogens is 240 g/mol. The van der Waals surface area contributed by atoms with E-state index in [1.54, 1.807) is 18.6 Å². The average Bonchev–Trinajstić information content (AvgIpc) is 2.48. The molecule has 0 fully saturated rings. The van der Waals surface area contributed by atoms with Crippen molar-refractivity contribution in [2.45, 2.75) is 6.92 Å². The minimum absolute atomic E-state index is 0.603. The van der Waals surface area contributed by atoms with Gasteiger partial charge in [0.05, 0.1) is 18.5 Å². The molecule has 3 aromatic heterocycles. The van der Waals surface area contributed by atoms with Crippen molar-refractivity contribution in [3.63, 3.8) is 0 Å². The Hall–Kier alpha value is -2.56. The molecule has 0 amide bonds. The summed E-state index contributed by atoms with van der Waals surface area (Å²) in [7, 11) is 0. The van der Waals surface area contributed by atoms with E-state index in [1.165, 1.54) is 0 Å². The van der Waals surface area contributed by atoms with Crippen LogP contribution in [0.4, 0.5) is 0 Å². The van der Waals surface area contributed by atoms with Gasteiger partial charge in [-0.1, -0.05) is 0 Å². The smallest absolute Gasteiger partial charge is 0.213 e. The van der Waals surface area contributed by atoms with Gasteiger partial charge in [0, 0.05) is 24.0 Å². The average molecular weight is 252 g/mol. The van der Waals surface area contributed by atoms with E-state index in [0.29, 0.717) is 18.1 Å². The molecule has 5 nitrogen and oxygen atoms in total. The fourth-order valence-electron chi connectivity index (χ4n) is 1.75. The lowest BCUT2D eigenvalue weighted by molar-refractivity contribution is 0.327. The molecule has 0 atom stereocenters. The lowest BCUT2D eigenvalue weighted by Gasteiger charge is -2.04. The first-order chi connectivity index (χ1) is 9.36.